The number of thiazole rings is 1. The molecule has 6 rings (SSSR count). The van der Waals surface area contributed by atoms with Gasteiger partial charge in [0.05, 0.1) is 28.5 Å². The maximum absolute atomic E-state index is 13.4. The van der Waals surface area contributed by atoms with E-state index in [1.54, 1.807) is 11.6 Å². The molecule has 1 fully saturated rings. The Balaban J connectivity index is 1.21. The molecule has 2 aliphatic rings. The zero-order valence-corrected chi connectivity index (χ0v) is 29.9. The van der Waals surface area contributed by atoms with Gasteiger partial charge in [-0.3, -0.25) is 24.0 Å². The molecule has 1 N–H and O–H groups in total. The number of pyridine rings is 1. The van der Waals surface area contributed by atoms with Crippen LogP contribution in [0.4, 0.5) is 14.5 Å². The zero-order chi connectivity index (χ0) is 37.2. The van der Waals surface area contributed by atoms with Crippen molar-refractivity contribution < 1.29 is 50.5 Å². The fourth-order valence-electron chi connectivity index (χ4n) is 5.31. The fraction of sp³-hybridized carbons (Fsp3) is 0.303. The third-order valence-corrected chi connectivity index (χ3v) is 10.8. The average molecular weight is 798 g/mol. The van der Waals surface area contributed by atoms with E-state index in [0.29, 0.717) is 14.6 Å². The fourth-order valence-corrected chi connectivity index (χ4v) is 7.71. The molecule has 4 aromatic rings. The highest BCUT2D eigenvalue weighted by atomic mass is 35.5. The number of fused-ring (bicyclic) bond motifs is 1. The van der Waals surface area contributed by atoms with E-state index in [1.165, 1.54) is 47.7 Å². The van der Waals surface area contributed by atoms with Crippen LogP contribution in [-0.4, -0.2) is 61.6 Å². The van der Waals surface area contributed by atoms with Crippen LogP contribution < -0.4 is 18.9 Å². The second-order valence-corrected chi connectivity index (χ2v) is 15.5. The maximum atomic E-state index is 13.4. The van der Waals surface area contributed by atoms with Gasteiger partial charge in [0.1, 0.15) is 22.7 Å². The quantitative estimate of drug-likeness (QED) is 0.0654. The molecule has 1 saturated carbocycles. The number of rotatable bonds is 16. The molecular formula is C33H28Cl2F2N4O9S2. The first-order chi connectivity index (χ1) is 24.8. The third kappa shape index (κ3) is 9.07. The lowest BCUT2D eigenvalue weighted by Crippen LogP contribution is -2.36. The lowest BCUT2D eigenvalue weighted by molar-refractivity contribution is -0.605. The molecule has 0 spiro atoms. The van der Waals surface area contributed by atoms with Gasteiger partial charge in [0.25, 0.3) is 11.8 Å². The smallest absolute Gasteiger partial charge is 0.387 e. The molecule has 3 heterocycles. The number of hydrogen-bond donors (Lipinski definition) is 1. The van der Waals surface area contributed by atoms with Gasteiger partial charge < -0.3 is 19.4 Å². The highest BCUT2D eigenvalue weighted by Gasteiger charge is 2.38. The Bertz CT molecular complexity index is 2100. The number of halogens is 4. The summed E-state index contributed by atoms with van der Waals surface area (Å²) >= 11 is 13.9. The minimum absolute atomic E-state index is 0.0385. The molecule has 2 amide bonds. The van der Waals surface area contributed by atoms with E-state index in [9.17, 15) is 36.8 Å². The van der Waals surface area contributed by atoms with Gasteiger partial charge >= 0.3 is 12.6 Å². The number of hydrogen-bond acceptors (Lipinski definition) is 11. The lowest BCUT2D eigenvalue weighted by Gasteiger charge is -2.22. The first kappa shape index (κ1) is 37.2. The van der Waals surface area contributed by atoms with Gasteiger partial charge in [-0.25, -0.2) is 13.4 Å². The van der Waals surface area contributed by atoms with Crippen LogP contribution in [0, 0.1) is 11.1 Å². The van der Waals surface area contributed by atoms with Crippen LogP contribution in [0.1, 0.15) is 55.8 Å². The molecule has 13 nitrogen and oxygen atoms in total. The minimum Gasteiger partial charge on any atom is -0.619 e. The Morgan fingerprint density at radius 2 is 1.81 bits per heavy atom. The van der Waals surface area contributed by atoms with Crippen LogP contribution in [0.5, 0.6) is 11.5 Å². The molecule has 0 saturated heterocycles. The van der Waals surface area contributed by atoms with Gasteiger partial charge in [-0.05, 0) is 54.7 Å². The van der Waals surface area contributed by atoms with Crippen LogP contribution in [0.2, 0.25) is 10.0 Å². The average Bonchev–Trinajstić information content (AvgIpc) is 3.70. The Labute approximate surface area is 309 Å². The number of carbonyl (C=O) groups is 3. The van der Waals surface area contributed by atoms with E-state index in [1.807, 2.05) is 0 Å². The number of imide groups is 1. The van der Waals surface area contributed by atoms with E-state index >= 15 is 0 Å². The van der Waals surface area contributed by atoms with Crippen LogP contribution in [0.25, 0.3) is 0 Å². The number of carbonyl (C=O) groups excluding carboxylic acids is 3. The molecule has 274 valence electrons. The van der Waals surface area contributed by atoms with Crippen molar-refractivity contribution in [3.63, 3.8) is 0 Å². The second-order valence-electron chi connectivity index (χ2n) is 11.9. The van der Waals surface area contributed by atoms with Gasteiger partial charge in [0.15, 0.2) is 23.9 Å². The lowest BCUT2D eigenvalue weighted by atomic mass is 10.0. The van der Waals surface area contributed by atoms with Crippen molar-refractivity contribution in [2.24, 2.45) is 5.92 Å². The van der Waals surface area contributed by atoms with Crippen molar-refractivity contribution in [2.75, 3.05) is 23.6 Å². The molecular weight excluding hydrogens is 769 g/mol. The summed E-state index contributed by atoms with van der Waals surface area (Å²) in [6.07, 6.45) is 4.20. The summed E-state index contributed by atoms with van der Waals surface area (Å²) in [6.45, 7) is -3.75. The molecule has 1 aliphatic heterocycles. The topological polar surface area (TPSA) is 168 Å². The van der Waals surface area contributed by atoms with Crippen LogP contribution >= 0.6 is 34.5 Å². The van der Waals surface area contributed by atoms with Crippen molar-refractivity contribution in [3.05, 3.63) is 103 Å². The van der Waals surface area contributed by atoms with Gasteiger partial charge in [-0.15, -0.1) is 11.3 Å². The molecule has 2 aromatic carbocycles. The summed E-state index contributed by atoms with van der Waals surface area (Å²) in [5.41, 5.74) is 0.305. The van der Waals surface area contributed by atoms with Crippen LogP contribution in [0.15, 0.2) is 60.4 Å². The number of nitrogens with one attached hydrogen (secondary N) is 1. The molecule has 0 unspecified atom stereocenters. The third-order valence-electron chi connectivity index (χ3n) is 8.05. The van der Waals surface area contributed by atoms with Crippen molar-refractivity contribution in [1.82, 2.24) is 9.88 Å². The van der Waals surface area contributed by atoms with Crippen molar-refractivity contribution >= 4 is 68.0 Å². The van der Waals surface area contributed by atoms with Crippen LogP contribution in [-0.2, 0) is 32.4 Å². The Kier molecular flexibility index (Phi) is 11.1. The van der Waals surface area contributed by atoms with E-state index in [4.69, 9.17) is 32.7 Å². The predicted octanol–water partition coefficient (Wildman–Crippen LogP) is 5.58. The molecule has 19 heteroatoms. The minimum atomic E-state index is -3.84. The number of anilines is 1. The predicted molar refractivity (Wildman–Crippen MR) is 184 cm³/mol. The summed E-state index contributed by atoms with van der Waals surface area (Å²) in [7, 11) is -3.84. The number of ether oxygens (including phenoxy) is 3. The number of sulfonamides is 1. The summed E-state index contributed by atoms with van der Waals surface area (Å²) in [5.74, 6) is -3.03. The maximum Gasteiger partial charge on any atom is 0.387 e. The Hall–Kier alpha value is -4.58. The van der Waals surface area contributed by atoms with Crippen LogP contribution in [0.3, 0.4) is 0 Å². The summed E-state index contributed by atoms with van der Waals surface area (Å²) in [4.78, 5) is 44.8. The largest absolute Gasteiger partial charge is 0.619 e. The van der Waals surface area contributed by atoms with E-state index in [2.05, 4.69) is 14.4 Å². The highest BCUT2D eigenvalue weighted by molar-refractivity contribution is 7.92. The number of nitrogens with zero attached hydrogens (tertiary/aromatic N) is 3. The van der Waals surface area contributed by atoms with E-state index in [-0.39, 0.29) is 80.6 Å². The summed E-state index contributed by atoms with van der Waals surface area (Å²) < 4.78 is 70.7. The molecule has 1 atom stereocenters. The standard InChI is InChI=1S/C33H28Cl2F2N4O9S2/c34-24-14-40(45)15-25(35)23(24)13-27(19-3-6-26(50-33(36)37)28(11-19)48-17-18-1-2-18)49-30(42)16-41-31(43)21-5-4-20(12-22(21)32(41)44)39-52(46,47)10-7-29-38-8-9-51-29/h3-6,8-9,11-12,14-15,18,27,33,39H,1-2,7,10,13,16-17H2/t27-/m0/s1. The number of amides is 2. The van der Waals surface area contributed by atoms with E-state index < -0.39 is 47.1 Å². The highest BCUT2D eigenvalue weighted by Crippen LogP contribution is 2.38. The second kappa shape index (κ2) is 15.6. The number of alkyl halides is 2. The van der Waals surface area contributed by atoms with Gasteiger partial charge in [0.2, 0.25) is 10.0 Å². The SMILES string of the molecule is O=C(CN1C(=O)c2ccc(NS(=O)(=O)CCc3nccs3)cc2C1=O)O[C@@H](Cc1c(Cl)c[n+]([O-])cc1Cl)c1ccc(OC(F)F)c(OCC2CC2)c1. The monoisotopic (exact) mass is 796 g/mol. The summed E-state index contributed by atoms with van der Waals surface area (Å²) in [6, 6.07) is 7.75. The van der Waals surface area contributed by atoms with Crippen molar-refractivity contribution in [2.45, 2.75) is 38.4 Å². The Morgan fingerprint density at radius 3 is 2.48 bits per heavy atom. The number of esters is 1. The van der Waals surface area contributed by atoms with Gasteiger partial charge in [0, 0.05) is 35.7 Å². The number of benzene rings is 2. The molecule has 0 bridgehead atoms. The molecule has 2 aromatic heterocycles. The van der Waals surface area contributed by atoms with Gasteiger partial charge in [-0.2, -0.15) is 13.5 Å². The molecule has 52 heavy (non-hydrogen) atoms. The first-order valence-electron chi connectivity index (χ1n) is 15.6. The number of aryl methyl sites for hydroxylation is 1. The zero-order valence-electron chi connectivity index (χ0n) is 26.8. The van der Waals surface area contributed by atoms with E-state index in [0.717, 1.165) is 25.2 Å². The molecule has 0 radical (unpaired) electrons. The first-order valence-corrected chi connectivity index (χ1v) is 18.9. The normalized spacial score (nSPS) is 14.8. The number of aromatic nitrogens is 2. The van der Waals surface area contributed by atoms with Gasteiger partial charge in [-0.1, -0.05) is 29.3 Å². The van der Waals surface area contributed by atoms with Crippen molar-refractivity contribution in [3.8, 4) is 11.5 Å². The summed E-state index contributed by atoms with van der Waals surface area (Å²) in [5, 5.41) is 14.1. The Morgan fingerprint density at radius 1 is 1.08 bits per heavy atom. The van der Waals surface area contributed by atoms with Crippen molar-refractivity contribution in [1.29, 1.82) is 0 Å². The molecule has 1 aliphatic carbocycles.